The summed E-state index contributed by atoms with van der Waals surface area (Å²) in [6, 6.07) is 0. The minimum absolute atomic E-state index is 0.897. The zero-order valence-electron chi connectivity index (χ0n) is 3.22. The van der Waals surface area contributed by atoms with Gasteiger partial charge < -0.3 is 0 Å². The molecule has 0 atom stereocenters. The van der Waals surface area contributed by atoms with Crippen LogP contribution in [0.5, 0.6) is 0 Å². The van der Waals surface area contributed by atoms with Gasteiger partial charge in [0.1, 0.15) is 0 Å². The molecule has 1 rings (SSSR count). The number of nitrogens with one attached hydrogen (secondary N) is 1. The van der Waals surface area contributed by atoms with Crippen molar-refractivity contribution in [2.75, 3.05) is 12.5 Å². The molecule has 1 N–H and O–H groups in total. The highest BCUT2D eigenvalue weighted by Crippen LogP contribution is 2.13. The van der Waals surface area contributed by atoms with E-state index in [1.54, 1.807) is 11.9 Å². The summed E-state index contributed by atoms with van der Waals surface area (Å²) in [5, 5.41) is 3.08. The van der Waals surface area contributed by atoms with Crippen molar-refractivity contribution in [2.45, 2.75) is 0 Å². The van der Waals surface area contributed by atoms with Crippen molar-refractivity contribution in [3.05, 3.63) is 0 Å². The molecule has 0 bridgehead atoms. The number of rotatable bonds is 0. The van der Waals surface area contributed by atoms with Crippen molar-refractivity contribution in [2.24, 2.45) is 0 Å². The van der Waals surface area contributed by atoms with Crippen LogP contribution in [0.3, 0.4) is 0 Å². The number of hydrogen-bond donors (Lipinski definition) is 2. The van der Waals surface area contributed by atoms with Gasteiger partial charge in [-0.3, -0.25) is 5.32 Å². The second-order valence-electron chi connectivity index (χ2n) is 1.03. The quantitative estimate of drug-likeness (QED) is 0.355. The Morgan fingerprint density at radius 3 is 2.83 bits per heavy atom. The third-order valence-corrected chi connectivity index (χ3v) is 1.81. The first kappa shape index (κ1) is 4.77. The van der Waals surface area contributed by atoms with Gasteiger partial charge in [0.15, 0.2) is 0 Å². The third-order valence-electron chi connectivity index (χ3n) is 0.563. The predicted molar refractivity (Wildman–Crippen MR) is 31.3 cm³/mol. The summed E-state index contributed by atoms with van der Waals surface area (Å²) in [6.07, 6.45) is 0. The van der Waals surface area contributed by atoms with Crippen molar-refractivity contribution in [3.8, 4) is 0 Å². The maximum Gasteiger partial charge on any atom is 0.0698 e. The van der Waals surface area contributed by atoms with Gasteiger partial charge in [0, 0.05) is 0 Å². The normalized spacial score (nSPS) is 25.5. The van der Waals surface area contributed by atoms with Gasteiger partial charge in [-0.2, -0.15) is 3.71 Å². The first-order chi connectivity index (χ1) is 2.89. The summed E-state index contributed by atoms with van der Waals surface area (Å²) < 4.78 is 1.86. The Balaban J connectivity index is 2.18. The van der Waals surface area contributed by atoms with E-state index in [0.717, 1.165) is 12.5 Å². The van der Waals surface area contributed by atoms with Crippen LogP contribution in [0.15, 0.2) is 0 Å². The second-order valence-corrected chi connectivity index (χ2v) is 2.77. The van der Waals surface area contributed by atoms with Gasteiger partial charge in [-0.05, 0) is 0 Å². The molecule has 0 saturated carbocycles. The lowest BCUT2D eigenvalue weighted by Crippen LogP contribution is -2.09. The monoisotopic (exact) mass is 122 g/mol. The van der Waals surface area contributed by atoms with E-state index in [4.69, 9.17) is 0 Å². The standard InChI is InChI=1S/C2H6N2S2/c5-4-1-3-2-6-4/h3,5H,1-2H2. The van der Waals surface area contributed by atoms with Gasteiger partial charge in [-0.25, -0.2) is 0 Å². The van der Waals surface area contributed by atoms with Crippen LogP contribution >= 0.6 is 24.8 Å². The summed E-state index contributed by atoms with van der Waals surface area (Å²) in [6.45, 7) is 0.897. The van der Waals surface area contributed by atoms with E-state index in [0.29, 0.717) is 0 Å². The fourth-order valence-electron chi connectivity index (χ4n) is 0.307. The molecular formula is C2H6N2S2. The SMILES string of the molecule is SN1CNCS1. The molecule has 4 heteroatoms. The first-order valence-corrected chi connectivity index (χ1v) is 3.04. The van der Waals surface area contributed by atoms with E-state index in [1.165, 1.54) is 0 Å². The predicted octanol–water partition coefficient (Wildman–Crippen LogP) is 0.300. The van der Waals surface area contributed by atoms with Crippen molar-refractivity contribution >= 4 is 24.8 Å². The van der Waals surface area contributed by atoms with Crippen LogP contribution < -0.4 is 5.32 Å². The molecule has 0 radical (unpaired) electrons. The number of hydrogen-bond acceptors (Lipinski definition) is 4. The van der Waals surface area contributed by atoms with E-state index >= 15 is 0 Å². The maximum absolute atomic E-state index is 4.03. The van der Waals surface area contributed by atoms with Crippen LogP contribution in [0.2, 0.25) is 0 Å². The smallest absolute Gasteiger partial charge is 0.0698 e. The Morgan fingerprint density at radius 2 is 2.67 bits per heavy atom. The van der Waals surface area contributed by atoms with Crippen molar-refractivity contribution in [1.82, 2.24) is 9.03 Å². The molecule has 0 aromatic rings. The first-order valence-electron chi connectivity index (χ1n) is 1.69. The lowest BCUT2D eigenvalue weighted by Gasteiger charge is -1.96. The molecule has 36 valence electrons. The van der Waals surface area contributed by atoms with E-state index in [2.05, 4.69) is 18.1 Å². The molecule has 1 saturated heterocycles. The highest BCUT2D eigenvalue weighted by molar-refractivity contribution is 8.05. The van der Waals surface area contributed by atoms with Gasteiger partial charge in [0.05, 0.1) is 12.5 Å². The molecule has 2 nitrogen and oxygen atoms in total. The minimum Gasteiger partial charge on any atom is -0.292 e. The van der Waals surface area contributed by atoms with E-state index in [1.807, 2.05) is 3.71 Å². The third kappa shape index (κ3) is 1.04. The lowest BCUT2D eigenvalue weighted by atomic mass is 11.1. The van der Waals surface area contributed by atoms with Crippen LogP contribution in [-0.4, -0.2) is 16.3 Å². The van der Waals surface area contributed by atoms with Crippen LogP contribution in [0.1, 0.15) is 0 Å². The van der Waals surface area contributed by atoms with Crippen molar-refractivity contribution in [3.63, 3.8) is 0 Å². The van der Waals surface area contributed by atoms with E-state index < -0.39 is 0 Å². The largest absolute Gasteiger partial charge is 0.292 e. The van der Waals surface area contributed by atoms with Crippen molar-refractivity contribution < 1.29 is 0 Å². The molecule has 1 aliphatic rings. The molecule has 0 aliphatic carbocycles. The topological polar surface area (TPSA) is 15.3 Å². The summed E-state index contributed by atoms with van der Waals surface area (Å²) in [5.41, 5.74) is 0. The Kier molecular flexibility index (Phi) is 1.64. The molecule has 0 aromatic heterocycles. The lowest BCUT2D eigenvalue weighted by molar-refractivity contribution is 0.695. The highest BCUT2D eigenvalue weighted by Gasteiger charge is 2.04. The molecule has 0 spiro atoms. The number of thiol groups is 1. The number of nitrogens with zero attached hydrogens (tertiary/aromatic N) is 1. The zero-order chi connectivity index (χ0) is 4.41. The average molecular weight is 122 g/mol. The van der Waals surface area contributed by atoms with E-state index in [9.17, 15) is 0 Å². The van der Waals surface area contributed by atoms with E-state index in [-0.39, 0.29) is 0 Å². The Morgan fingerprint density at radius 1 is 1.83 bits per heavy atom. The summed E-state index contributed by atoms with van der Waals surface area (Å²) >= 11 is 5.71. The van der Waals surface area contributed by atoms with Crippen molar-refractivity contribution in [1.29, 1.82) is 0 Å². The van der Waals surface area contributed by atoms with Crippen LogP contribution in [-0.2, 0) is 0 Å². The Labute approximate surface area is 47.0 Å². The van der Waals surface area contributed by atoms with Gasteiger partial charge >= 0.3 is 0 Å². The van der Waals surface area contributed by atoms with Gasteiger partial charge in [-0.1, -0.05) is 24.8 Å². The van der Waals surface area contributed by atoms with Crippen LogP contribution in [0.25, 0.3) is 0 Å². The molecule has 0 unspecified atom stereocenters. The highest BCUT2D eigenvalue weighted by atomic mass is 32.2. The molecular weight excluding hydrogens is 116 g/mol. The zero-order valence-corrected chi connectivity index (χ0v) is 4.93. The molecule has 0 amide bonds. The van der Waals surface area contributed by atoms with Gasteiger partial charge in [0.2, 0.25) is 0 Å². The molecule has 0 aromatic carbocycles. The summed E-state index contributed by atoms with van der Waals surface area (Å²) in [4.78, 5) is 0. The molecule has 6 heavy (non-hydrogen) atoms. The fourth-order valence-corrected chi connectivity index (χ4v) is 1.09. The Hall–Kier alpha value is 0.620. The minimum atomic E-state index is 0.897. The molecule has 1 heterocycles. The Bertz CT molecular complexity index is 42.8. The molecule has 1 fully saturated rings. The van der Waals surface area contributed by atoms with Gasteiger partial charge in [0.25, 0.3) is 0 Å². The second kappa shape index (κ2) is 2.07. The van der Waals surface area contributed by atoms with Crippen LogP contribution in [0, 0.1) is 0 Å². The van der Waals surface area contributed by atoms with Gasteiger partial charge in [-0.15, -0.1) is 0 Å². The summed E-state index contributed by atoms with van der Waals surface area (Å²) in [7, 11) is 0. The maximum atomic E-state index is 4.03. The fraction of sp³-hybridized carbons (Fsp3) is 1.00. The summed E-state index contributed by atoms with van der Waals surface area (Å²) in [5.74, 6) is 1.00. The average Bonchev–Trinajstić information content (AvgIpc) is 1.86. The van der Waals surface area contributed by atoms with Crippen LogP contribution in [0.4, 0.5) is 0 Å². The molecule has 1 aliphatic heterocycles.